The molecule has 0 aliphatic carbocycles. The number of phenols is 1. The Morgan fingerprint density at radius 3 is 2.38 bits per heavy atom. The number of hydrogen-bond donors (Lipinski definition) is 1. The van der Waals surface area contributed by atoms with Gasteiger partial charge in [0, 0.05) is 47.6 Å². The number of nitrogens with zero attached hydrogens (tertiary/aromatic N) is 2. The monoisotopic (exact) mass is 183 g/mol. The molecule has 0 spiro atoms. The van der Waals surface area contributed by atoms with E-state index in [1.165, 1.54) is 0 Å². The van der Waals surface area contributed by atoms with Crippen molar-refractivity contribution in [3.63, 3.8) is 0 Å². The van der Waals surface area contributed by atoms with Gasteiger partial charge in [0.1, 0.15) is 5.75 Å². The molecular weight excluding hydrogens is 175 g/mol. The second kappa shape index (κ2) is 4.46. The van der Waals surface area contributed by atoms with E-state index in [1.807, 2.05) is 22.9 Å². The first kappa shape index (κ1) is 10.3. The zero-order chi connectivity index (χ0) is 8.39. The van der Waals surface area contributed by atoms with Crippen molar-refractivity contribution in [1.82, 2.24) is 9.55 Å². The van der Waals surface area contributed by atoms with Crippen LogP contribution < -0.4 is 0 Å². The summed E-state index contributed by atoms with van der Waals surface area (Å²) in [5.41, 5.74) is 0.991. The first-order valence-corrected chi connectivity index (χ1v) is 3.63. The van der Waals surface area contributed by atoms with Crippen LogP contribution in [0.2, 0.25) is 0 Å². The minimum atomic E-state index is 0. The molecule has 0 saturated carbocycles. The topological polar surface area (TPSA) is 38.0 Å². The molecule has 2 rings (SSSR count). The fourth-order valence-electron chi connectivity index (χ4n) is 1.04. The van der Waals surface area contributed by atoms with Crippen molar-refractivity contribution < 1.29 is 5.11 Å². The van der Waals surface area contributed by atoms with E-state index in [0.29, 0.717) is 0 Å². The fraction of sp³-hybridized carbons (Fsp3) is 0. The predicted octanol–water partition coefficient (Wildman–Crippen LogP) is 1.20. The molecule has 0 unspecified atom stereocenters. The molecule has 0 saturated heterocycles. The average Bonchev–Trinajstić information content (AvgIpc) is 2.58. The van der Waals surface area contributed by atoms with Gasteiger partial charge < -0.3 is 9.67 Å². The summed E-state index contributed by atoms with van der Waals surface area (Å²) >= 11 is 0. The van der Waals surface area contributed by atoms with E-state index in [2.05, 4.69) is 4.98 Å². The Morgan fingerprint density at radius 1 is 1.15 bits per heavy atom. The van der Waals surface area contributed by atoms with Crippen molar-refractivity contribution >= 4 is 29.6 Å². The van der Waals surface area contributed by atoms with E-state index in [9.17, 15) is 0 Å². The van der Waals surface area contributed by atoms with Crippen LogP contribution in [-0.2, 0) is 0 Å². The van der Waals surface area contributed by atoms with Gasteiger partial charge in [0.2, 0.25) is 0 Å². The van der Waals surface area contributed by atoms with E-state index < -0.39 is 0 Å². The third-order valence-electron chi connectivity index (χ3n) is 1.65. The molecule has 1 heterocycles. The van der Waals surface area contributed by atoms with Gasteiger partial charge in [-0.2, -0.15) is 0 Å². The molecule has 1 N–H and O–H groups in total. The van der Waals surface area contributed by atoms with E-state index in [1.54, 1.807) is 24.7 Å². The normalized spacial score (nSPS) is 9.23. The number of benzene rings is 1. The minimum Gasteiger partial charge on any atom is -0.508 e. The summed E-state index contributed by atoms with van der Waals surface area (Å²) in [5.74, 6) is 0.277. The van der Waals surface area contributed by atoms with Crippen molar-refractivity contribution in [3.8, 4) is 11.4 Å². The van der Waals surface area contributed by atoms with Crippen LogP contribution in [0, 0.1) is 0 Å². The molecule has 1 aromatic carbocycles. The molecule has 0 bridgehead atoms. The summed E-state index contributed by atoms with van der Waals surface area (Å²) in [6.45, 7) is 0. The van der Waals surface area contributed by atoms with Crippen molar-refractivity contribution in [2.75, 3.05) is 0 Å². The maximum Gasteiger partial charge on any atom is 0.115 e. The number of phenolic OH excluding ortho intramolecular Hbond substituents is 1. The summed E-state index contributed by atoms with van der Waals surface area (Å²) in [6.07, 6.45) is 5.28. The molecule has 1 radical (unpaired) electrons. The van der Waals surface area contributed by atoms with Crippen LogP contribution >= 0.6 is 0 Å². The number of aromatic nitrogens is 2. The third kappa shape index (κ3) is 2.34. The number of rotatable bonds is 1. The van der Waals surface area contributed by atoms with Crippen LogP contribution in [0.1, 0.15) is 0 Å². The van der Waals surface area contributed by atoms with Gasteiger partial charge in [-0.15, -0.1) is 0 Å². The van der Waals surface area contributed by atoms with E-state index in [0.717, 1.165) is 5.69 Å². The standard InChI is InChI=1S/C9H8N2O.Na/c12-9-3-1-8(2-4-9)11-6-5-10-7-11;/h1-7,12H;. The maximum atomic E-state index is 9.03. The van der Waals surface area contributed by atoms with Gasteiger partial charge in [0.25, 0.3) is 0 Å². The summed E-state index contributed by atoms with van der Waals surface area (Å²) in [4.78, 5) is 3.92. The Hall–Kier alpha value is -0.770. The molecule has 0 amide bonds. The Morgan fingerprint density at radius 2 is 1.85 bits per heavy atom. The average molecular weight is 183 g/mol. The summed E-state index contributed by atoms with van der Waals surface area (Å²) in [7, 11) is 0. The summed E-state index contributed by atoms with van der Waals surface area (Å²) in [5, 5.41) is 9.03. The summed E-state index contributed by atoms with van der Waals surface area (Å²) in [6, 6.07) is 6.96. The number of imidazole rings is 1. The van der Waals surface area contributed by atoms with Crippen molar-refractivity contribution in [3.05, 3.63) is 43.0 Å². The Bertz CT molecular complexity index is 356. The van der Waals surface area contributed by atoms with Crippen molar-refractivity contribution in [2.45, 2.75) is 0 Å². The second-order valence-corrected chi connectivity index (χ2v) is 2.49. The predicted molar refractivity (Wildman–Crippen MR) is 51.0 cm³/mol. The van der Waals surface area contributed by atoms with E-state index in [-0.39, 0.29) is 35.3 Å². The molecule has 61 valence electrons. The summed E-state index contributed by atoms with van der Waals surface area (Å²) < 4.78 is 1.87. The van der Waals surface area contributed by atoms with Gasteiger partial charge in [-0.3, -0.25) is 0 Å². The van der Waals surface area contributed by atoms with Crippen LogP contribution in [0.3, 0.4) is 0 Å². The zero-order valence-corrected chi connectivity index (χ0v) is 9.38. The molecule has 13 heavy (non-hydrogen) atoms. The van der Waals surface area contributed by atoms with Crippen LogP contribution in [0.5, 0.6) is 5.75 Å². The molecule has 2 aromatic rings. The first-order chi connectivity index (χ1) is 5.86. The zero-order valence-electron chi connectivity index (χ0n) is 7.38. The molecule has 0 aliphatic rings. The molecule has 0 atom stereocenters. The van der Waals surface area contributed by atoms with Gasteiger partial charge in [-0.05, 0) is 24.3 Å². The van der Waals surface area contributed by atoms with Crippen LogP contribution in [0.25, 0.3) is 5.69 Å². The SMILES string of the molecule is Oc1ccc(-n2ccnc2)cc1.[Na]. The van der Waals surface area contributed by atoms with Gasteiger partial charge >= 0.3 is 0 Å². The van der Waals surface area contributed by atoms with Crippen LogP contribution in [-0.4, -0.2) is 44.2 Å². The van der Waals surface area contributed by atoms with Crippen LogP contribution in [0.4, 0.5) is 0 Å². The Labute approximate surface area is 98.3 Å². The molecule has 1 aromatic heterocycles. The fourth-order valence-corrected chi connectivity index (χ4v) is 1.04. The largest absolute Gasteiger partial charge is 0.508 e. The molecular formula is C9H8N2NaO. The van der Waals surface area contributed by atoms with E-state index >= 15 is 0 Å². The smallest absolute Gasteiger partial charge is 0.115 e. The minimum absolute atomic E-state index is 0. The van der Waals surface area contributed by atoms with Gasteiger partial charge in [-0.25, -0.2) is 4.98 Å². The van der Waals surface area contributed by atoms with Crippen molar-refractivity contribution in [2.24, 2.45) is 0 Å². The molecule has 3 nitrogen and oxygen atoms in total. The quantitative estimate of drug-likeness (QED) is 0.674. The number of aromatic hydroxyl groups is 1. The van der Waals surface area contributed by atoms with Gasteiger partial charge in [0.05, 0.1) is 6.33 Å². The number of hydrogen-bond acceptors (Lipinski definition) is 2. The van der Waals surface area contributed by atoms with E-state index in [4.69, 9.17) is 5.11 Å². The van der Waals surface area contributed by atoms with Gasteiger partial charge in [-0.1, -0.05) is 0 Å². The van der Waals surface area contributed by atoms with Crippen LogP contribution in [0.15, 0.2) is 43.0 Å². The Balaban J connectivity index is 0.000000845. The first-order valence-electron chi connectivity index (χ1n) is 3.63. The molecule has 0 aliphatic heterocycles. The third-order valence-corrected chi connectivity index (χ3v) is 1.65. The Kier molecular flexibility index (Phi) is 3.54. The molecule has 4 heteroatoms. The van der Waals surface area contributed by atoms with Gasteiger partial charge in [0.15, 0.2) is 0 Å². The van der Waals surface area contributed by atoms with Crippen molar-refractivity contribution in [1.29, 1.82) is 0 Å². The maximum absolute atomic E-state index is 9.03. The second-order valence-electron chi connectivity index (χ2n) is 2.49. The molecule has 0 fully saturated rings.